The molecule has 0 spiro atoms. The van der Waals surface area contributed by atoms with Crippen LogP contribution in [0.3, 0.4) is 0 Å². The molecule has 0 saturated heterocycles. The summed E-state index contributed by atoms with van der Waals surface area (Å²) >= 11 is 7.58. The van der Waals surface area contributed by atoms with Gasteiger partial charge < -0.3 is 9.84 Å². The molecule has 162 valence electrons. The van der Waals surface area contributed by atoms with Gasteiger partial charge in [0.2, 0.25) is 0 Å². The number of rotatable bonds is 6. The van der Waals surface area contributed by atoms with Crippen LogP contribution in [0.5, 0.6) is 5.75 Å². The number of hydrogen-bond donors (Lipinski definition) is 1. The lowest BCUT2D eigenvalue weighted by molar-refractivity contribution is -0.144. The van der Waals surface area contributed by atoms with E-state index in [4.69, 9.17) is 9.84 Å². The fraction of sp³-hybridized carbons (Fsp3) is 0.238. The average Bonchev–Trinajstić information content (AvgIpc) is 2.69. The van der Waals surface area contributed by atoms with Gasteiger partial charge in [-0.2, -0.15) is 9.78 Å². The van der Waals surface area contributed by atoms with E-state index in [-0.39, 0.29) is 11.5 Å². The first-order valence-electron chi connectivity index (χ1n) is 9.23. The monoisotopic (exact) mass is 709 g/mol. The minimum Gasteiger partial charge on any atom is -0.479 e. The highest BCUT2D eigenvalue weighted by Gasteiger charge is 2.17. The summed E-state index contributed by atoms with van der Waals surface area (Å²) in [6.07, 6.45) is 0.629. The standard InChI is InChI=1S/C21H18BrI2N3O4/c1-10(2)19-26-17-5-4-13(22)8-14(17)20(28)27(19)25-9-12-6-15(23)18(16(24)7-12)31-11(3)21(29)30/h4-11H,1-3H3,(H,29,30)/t11-/m1/s1. The van der Waals surface area contributed by atoms with E-state index in [9.17, 15) is 9.59 Å². The number of halogens is 3. The summed E-state index contributed by atoms with van der Waals surface area (Å²) in [6, 6.07) is 9.04. The van der Waals surface area contributed by atoms with Crippen LogP contribution in [0, 0.1) is 7.14 Å². The lowest BCUT2D eigenvalue weighted by Crippen LogP contribution is -2.24. The number of carbonyl (C=O) groups is 1. The molecule has 0 aliphatic heterocycles. The van der Waals surface area contributed by atoms with E-state index in [2.05, 4.69) is 71.2 Å². The third kappa shape index (κ3) is 5.45. The van der Waals surface area contributed by atoms with E-state index in [1.54, 1.807) is 12.3 Å². The largest absolute Gasteiger partial charge is 0.479 e. The van der Waals surface area contributed by atoms with E-state index < -0.39 is 12.1 Å². The van der Waals surface area contributed by atoms with Gasteiger partial charge in [-0.1, -0.05) is 29.8 Å². The molecular formula is C21H18BrI2N3O4. The van der Waals surface area contributed by atoms with Gasteiger partial charge in [0.25, 0.3) is 5.56 Å². The number of nitrogens with zero attached hydrogens (tertiary/aromatic N) is 3. The van der Waals surface area contributed by atoms with Crippen LogP contribution in [0.25, 0.3) is 10.9 Å². The number of aromatic nitrogens is 2. The quantitative estimate of drug-likeness (QED) is 0.280. The van der Waals surface area contributed by atoms with Gasteiger partial charge in [0.1, 0.15) is 11.6 Å². The van der Waals surface area contributed by atoms with E-state index in [0.717, 1.165) is 17.2 Å². The smallest absolute Gasteiger partial charge is 0.344 e. The Morgan fingerprint density at radius 1 is 1.23 bits per heavy atom. The fourth-order valence-electron chi connectivity index (χ4n) is 2.77. The summed E-state index contributed by atoms with van der Waals surface area (Å²) in [7, 11) is 0. The van der Waals surface area contributed by atoms with Crippen molar-refractivity contribution in [2.45, 2.75) is 32.8 Å². The van der Waals surface area contributed by atoms with Crippen molar-refractivity contribution in [1.29, 1.82) is 0 Å². The second kappa shape index (κ2) is 9.94. The lowest BCUT2D eigenvalue weighted by Gasteiger charge is -2.14. The molecule has 3 aromatic rings. The summed E-state index contributed by atoms with van der Waals surface area (Å²) in [5, 5.41) is 14.0. The normalized spacial score (nSPS) is 12.6. The Bertz CT molecular complexity index is 1230. The average molecular weight is 710 g/mol. The van der Waals surface area contributed by atoms with Gasteiger partial charge in [0.05, 0.1) is 24.3 Å². The van der Waals surface area contributed by atoms with Crippen LogP contribution in [-0.4, -0.2) is 33.1 Å². The molecule has 0 radical (unpaired) electrons. The number of benzene rings is 2. The van der Waals surface area contributed by atoms with Crippen LogP contribution >= 0.6 is 61.1 Å². The first-order valence-corrected chi connectivity index (χ1v) is 12.2. The summed E-state index contributed by atoms with van der Waals surface area (Å²) < 4.78 is 9.17. The SMILES string of the molecule is CC(C)c1nc2ccc(Br)cc2c(=O)n1N=Cc1cc(I)c(O[C@H](C)C(=O)O)c(I)c1. The predicted octanol–water partition coefficient (Wildman–Crippen LogP) is 5.23. The molecular weight excluding hydrogens is 692 g/mol. The van der Waals surface area contributed by atoms with Gasteiger partial charge >= 0.3 is 5.97 Å². The first kappa shape index (κ1) is 24.1. The van der Waals surface area contributed by atoms with Gasteiger partial charge in [-0.3, -0.25) is 4.79 Å². The molecule has 1 aromatic heterocycles. The number of carboxylic acids is 1. The minimum absolute atomic E-state index is 0.00792. The van der Waals surface area contributed by atoms with Crippen molar-refractivity contribution in [2.75, 3.05) is 0 Å². The highest BCUT2D eigenvalue weighted by molar-refractivity contribution is 14.1. The Balaban J connectivity index is 2.05. The van der Waals surface area contributed by atoms with Crippen LogP contribution in [0.2, 0.25) is 0 Å². The van der Waals surface area contributed by atoms with Crippen molar-refractivity contribution in [3.05, 3.63) is 63.7 Å². The maximum Gasteiger partial charge on any atom is 0.344 e. The molecule has 0 fully saturated rings. The fourth-order valence-corrected chi connectivity index (χ4v) is 5.20. The van der Waals surface area contributed by atoms with Crippen LogP contribution in [0.15, 0.2) is 44.7 Å². The van der Waals surface area contributed by atoms with Gasteiger partial charge in [-0.15, -0.1) is 0 Å². The maximum absolute atomic E-state index is 13.1. The van der Waals surface area contributed by atoms with E-state index in [1.165, 1.54) is 11.6 Å². The summed E-state index contributed by atoms with van der Waals surface area (Å²) in [6.45, 7) is 5.40. The van der Waals surface area contributed by atoms with Gasteiger partial charge in [0, 0.05) is 10.4 Å². The molecule has 31 heavy (non-hydrogen) atoms. The van der Waals surface area contributed by atoms with Crippen molar-refractivity contribution in [1.82, 2.24) is 9.66 Å². The predicted molar refractivity (Wildman–Crippen MR) is 140 cm³/mol. The van der Waals surface area contributed by atoms with Crippen molar-refractivity contribution < 1.29 is 14.6 Å². The van der Waals surface area contributed by atoms with Gasteiger partial charge in [0.15, 0.2) is 6.10 Å². The Kier molecular flexibility index (Phi) is 7.73. The van der Waals surface area contributed by atoms with Crippen LogP contribution in [0.1, 0.15) is 38.1 Å². The molecule has 1 atom stereocenters. The number of ether oxygens (including phenoxy) is 1. The lowest BCUT2D eigenvalue weighted by atomic mass is 10.2. The van der Waals surface area contributed by atoms with Crippen LogP contribution < -0.4 is 10.3 Å². The van der Waals surface area contributed by atoms with Crippen molar-refractivity contribution in [2.24, 2.45) is 5.10 Å². The number of hydrogen-bond acceptors (Lipinski definition) is 5. The van der Waals surface area contributed by atoms with Crippen molar-refractivity contribution in [3.8, 4) is 5.75 Å². The van der Waals surface area contributed by atoms with Crippen LogP contribution in [0.4, 0.5) is 0 Å². The number of fused-ring (bicyclic) bond motifs is 1. The molecule has 0 saturated carbocycles. The molecule has 0 bridgehead atoms. The third-order valence-corrected chi connectivity index (χ3v) is 6.43. The summed E-state index contributed by atoms with van der Waals surface area (Å²) in [5.74, 6) is 0.0286. The molecule has 0 aliphatic carbocycles. The topological polar surface area (TPSA) is 93.8 Å². The Labute approximate surface area is 214 Å². The first-order chi connectivity index (χ1) is 14.6. The molecule has 1 heterocycles. The zero-order chi connectivity index (χ0) is 22.9. The Morgan fingerprint density at radius 3 is 2.45 bits per heavy atom. The molecule has 0 unspecified atom stereocenters. The number of carboxylic acid groups (broad SMARTS) is 1. The molecule has 10 heteroatoms. The summed E-state index contributed by atoms with van der Waals surface area (Å²) in [4.78, 5) is 28.8. The molecule has 0 amide bonds. The van der Waals surface area contributed by atoms with E-state index >= 15 is 0 Å². The highest BCUT2D eigenvalue weighted by Crippen LogP contribution is 2.29. The Morgan fingerprint density at radius 2 is 1.87 bits per heavy atom. The zero-order valence-electron chi connectivity index (χ0n) is 16.8. The second-order valence-electron chi connectivity index (χ2n) is 7.06. The van der Waals surface area contributed by atoms with Gasteiger partial charge in [-0.05, 0) is 88.0 Å². The molecule has 1 N–H and O–H groups in total. The molecule has 7 nitrogen and oxygen atoms in total. The second-order valence-corrected chi connectivity index (χ2v) is 10.3. The number of aliphatic carboxylic acids is 1. The minimum atomic E-state index is -1.03. The third-order valence-electron chi connectivity index (χ3n) is 4.34. The highest BCUT2D eigenvalue weighted by atomic mass is 127. The van der Waals surface area contributed by atoms with Crippen molar-refractivity contribution in [3.63, 3.8) is 0 Å². The maximum atomic E-state index is 13.1. The van der Waals surface area contributed by atoms with Crippen LogP contribution in [-0.2, 0) is 4.79 Å². The van der Waals surface area contributed by atoms with Gasteiger partial charge in [-0.25, -0.2) is 9.78 Å². The van der Waals surface area contributed by atoms with E-state index in [0.29, 0.717) is 22.5 Å². The molecule has 3 rings (SSSR count). The molecule has 2 aromatic carbocycles. The zero-order valence-corrected chi connectivity index (χ0v) is 22.7. The van der Waals surface area contributed by atoms with E-state index in [1.807, 2.05) is 38.1 Å². The molecule has 0 aliphatic rings. The summed E-state index contributed by atoms with van der Waals surface area (Å²) in [5.41, 5.74) is 1.13. The van der Waals surface area contributed by atoms with Crippen molar-refractivity contribution >= 4 is 84.2 Å². The Hall–Kier alpha value is -1.54.